The van der Waals surface area contributed by atoms with E-state index >= 15 is 0 Å². The summed E-state index contributed by atoms with van der Waals surface area (Å²) >= 11 is 0. The molecule has 0 saturated carbocycles. The number of hydrogen-bond donors (Lipinski definition) is 1. The standard InChI is InChI=1S/C18H20N4O/c1-13-2-4-14(5-3-13)16-12-17-18(19-8-11-22(17)20-16)21-9-6-15(23)7-10-21/h2-5,8,11-12,15,23H,6-7,9-10H2,1H3. The first-order valence-corrected chi connectivity index (χ1v) is 8.05. The van der Waals surface area contributed by atoms with Crippen LogP contribution in [0.4, 0.5) is 5.82 Å². The maximum atomic E-state index is 9.70. The highest BCUT2D eigenvalue weighted by Crippen LogP contribution is 2.27. The lowest BCUT2D eigenvalue weighted by atomic mass is 10.1. The van der Waals surface area contributed by atoms with Crippen molar-refractivity contribution >= 4 is 11.3 Å². The Labute approximate surface area is 135 Å². The summed E-state index contributed by atoms with van der Waals surface area (Å²) in [6, 6.07) is 10.5. The number of benzene rings is 1. The summed E-state index contributed by atoms with van der Waals surface area (Å²) in [6.07, 6.45) is 5.08. The fraction of sp³-hybridized carbons (Fsp3) is 0.333. The first kappa shape index (κ1) is 14.2. The number of aliphatic hydroxyl groups is 1. The van der Waals surface area contributed by atoms with Crippen LogP contribution in [-0.4, -0.2) is 38.9 Å². The second-order valence-corrected chi connectivity index (χ2v) is 6.19. The van der Waals surface area contributed by atoms with Crippen LogP contribution in [0.25, 0.3) is 16.8 Å². The fourth-order valence-corrected chi connectivity index (χ4v) is 3.09. The lowest BCUT2D eigenvalue weighted by molar-refractivity contribution is 0.145. The normalized spacial score (nSPS) is 16.2. The van der Waals surface area contributed by atoms with Gasteiger partial charge in [0.1, 0.15) is 5.52 Å². The number of aliphatic hydroxyl groups excluding tert-OH is 1. The van der Waals surface area contributed by atoms with Gasteiger partial charge in [0, 0.05) is 31.0 Å². The van der Waals surface area contributed by atoms with Crippen LogP contribution in [0.2, 0.25) is 0 Å². The minimum Gasteiger partial charge on any atom is -0.393 e. The molecule has 2 aromatic heterocycles. The van der Waals surface area contributed by atoms with E-state index in [2.05, 4.69) is 52.2 Å². The van der Waals surface area contributed by atoms with Crippen molar-refractivity contribution in [2.45, 2.75) is 25.9 Å². The van der Waals surface area contributed by atoms with Gasteiger partial charge in [-0.2, -0.15) is 5.10 Å². The van der Waals surface area contributed by atoms with Gasteiger partial charge in [0.05, 0.1) is 11.8 Å². The molecule has 0 atom stereocenters. The van der Waals surface area contributed by atoms with Crippen molar-refractivity contribution in [2.24, 2.45) is 0 Å². The zero-order valence-corrected chi connectivity index (χ0v) is 13.2. The largest absolute Gasteiger partial charge is 0.393 e. The van der Waals surface area contributed by atoms with Crippen molar-refractivity contribution in [3.05, 3.63) is 48.3 Å². The van der Waals surface area contributed by atoms with Crippen LogP contribution in [-0.2, 0) is 0 Å². The number of aryl methyl sites for hydroxylation is 1. The number of piperidine rings is 1. The number of hydrogen-bond acceptors (Lipinski definition) is 4. The first-order chi connectivity index (χ1) is 11.2. The Balaban J connectivity index is 1.74. The lowest BCUT2D eigenvalue weighted by Gasteiger charge is -2.30. The van der Waals surface area contributed by atoms with E-state index in [4.69, 9.17) is 0 Å². The van der Waals surface area contributed by atoms with Crippen LogP contribution in [0.5, 0.6) is 0 Å². The van der Waals surface area contributed by atoms with E-state index in [1.807, 2.05) is 10.7 Å². The fourth-order valence-electron chi connectivity index (χ4n) is 3.09. The Kier molecular flexibility index (Phi) is 3.50. The third kappa shape index (κ3) is 2.68. The number of anilines is 1. The second-order valence-electron chi connectivity index (χ2n) is 6.19. The van der Waals surface area contributed by atoms with Gasteiger partial charge in [0.15, 0.2) is 5.82 Å². The summed E-state index contributed by atoms with van der Waals surface area (Å²) in [5.41, 5.74) is 4.32. The summed E-state index contributed by atoms with van der Waals surface area (Å²) in [6.45, 7) is 3.75. The van der Waals surface area contributed by atoms with Crippen LogP contribution >= 0.6 is 0 Å². The van der Waals surface area contributed by atoms with Gasteiger partial charge in [-0.25, -0.2) is 9.50 Å². The van der Waals surface area contributed by atoms with Gasteiger partial charge in [-0.3, -0.25) is 0 Å². The summed E-state index contributed by atoms with van der Waals surface area (Å²) in [7, 11) is 0. The highest BCUT2D eigenvalue weighted by Gasteiger charge is 2.20. The van der Waals surface area contributed by atoms with Crippen molar-refractivity contribution in [3.63, 3.8) is 0 Å². The topological polar surface area (TPSA) is 53.7 Å². The molecule has 1 aromatic carbocycles. The summed E-state index contributed by atoms with van der Waals surface area (Å²) in [4.78, 5) is 6.80. The number of fused-ring (bicyclic) bond motifs is 1. The highest BCUT2D eigenvalue weighted by atomic mass is 16.3. The van der Waals surface area contributed by atoms with Gasteiger partial charge >= 0.3 is 0 Å². The molecule has 0 aliphatic carbocycles. The van der Waals surface area contributed by atoms with Crippen LogP contribution in [0.15, 0.2) is 42.7 Å². The van der Waals surface area contributed by atoms with Crippen LogP contribution in [0.3, 0.4) is 0 Å². The first-order valence-electron chi connectivity index (χ1n) is 8.05. The Hall–Kier alpha value is -2.40. The molecule has 5 heteroatoms. The van der Waals surface area contributed by atoms with Gasteiger partial charge in [-0.15, -0.1) is 0 Å². The van der Waals surface area contributed by atoms with Crippen LogP contribution < -0.4 is 4.90 Å². The monoisotopic (exact) mass is 308 g/mol. The minimum atomic E-state index is -0.181. The number of aromatic nitrogens is 3. The maximum absolute atomic E-state index is 9.70. The predicted octanol–water partition coefficient (Wildman–Crippen LogP) is 2.67. The van der Waals surface area contributed by atoms with E-state index in [1.165, 1.54) is 5.56 Å². The Morgan fingerprint density at radius 3 is 2.61 bits per heavy atom. The molecule has 0 unspecified atom stereocenters. The van der Waals surface area contributed by atoms with Crippen molar-refractivity contribution in [3.8, 4) is 11.3 Å². The van der Waals surface area contributed by atoms with Crippen LogP contribution in [0.1, 0.15) is 18.4 Å². The maximum Gasteiger partial charge on any atom is 0.154 e. The average Bonchev–Trinajstić information content (AvgIpc) is 3.00. The van der Waals surface area contributed by atoms with E-state index in [-0.39, 0.29) is 6.10 Å². The summed E-state index contributed by atoms with van der Waals surface area (Å²) in [5.74, 6) is 0.949. The smallest absolute Gasteiger partial charge is 0.154 e. The van der Waals surface area contributed by atoms with Crippen molar-refractivity contribution in [1.82, 2.24) is 14.6 Å². The third-order valence-corrected chi connectivity index (χ3v) is 4.48. The molecule has 1 saturated heterocycles. The minimum absolute atomic E-state index is 0.181. The van der Waals surface area contributed by atoms with Gasteiger partial charge < -0.3 is 10.0 Å². The van der Waals surface area contributed by atoms with Crippen molar-refractivity contribution < 1.29 is 5.11 Å². The average molecular weight is 308 g/mol. The molecule has 3 heterocycles. The highest BCUT2D eigenvalue weighted by molar-refractivity contribution is 5.75. The molecule has 3 aromatic rings. The zero-order chi connectivity index (χ0) is 15.8. The molecule has 0 amide bonds. The van der Waals surface area contributed by atoms with Gasteiger partial charge in [0.2, 0.25) is 0 Å². The summed E-state index contributed by atoms with van der Waals surface area (Å²) < 4.78 is 1.89. The molecule has 1 aliphatic rings. The molecule has 0 spiro atoms. The van der Waals surface area contributed by atoms with Gasteiger partial charge in [0.25, 0.3) is 0 Å². The van der Waals surface area contributed by atoms with Crippen molar-refractivity contribution in [1.29, 1.82) is 0 Å². The predicted molar refractivity (Wildman–Crippen MR) is 90.6 cm³/mol. The molecule has 0 bridgehead atoms. The number of nitrogens with zero attached hydrogens (tertiary/aromatic N) is 4. The number of rotatable bonds is 2. The lowest BCUT2D eigenvalue weighted by Crippen LogP contribution is -2.36. The Bertz CT molecular complexity index is 817. The van der Waals surface area contributed by atoms with Crippen LogP contribution in [0, 0.1) is 6.92 Å². The molecule has 118 valence electrons. The Morgan fingerprint density at radius 2 is 1.87 bits per heavy atom. The molecule has 1 aliphatic heterocycles. The Morgan fingerprint density at radius 1 is 1.13 bits per heavy atom. The summed E-state index contributed by atoms with van der Waals surface area (Å²) in [5, 5.41) is 14.4. The van der Waals surface area contributed by atoms with Gasteiger partial charge in [-0.05, 0) is 25.8 Å². The molecular weight excluding hydrogens is 288 g/mol. The molecule has 5 nitrogen and oxygen atoms in total. The van der Waals surface area contributed by atoms with Crippen molar-refractivity contribution in [2.75, 3.05) is 18.0 Å². The van der Waals surface area contributed by atoms with E-state index in [0.29, 0.717) is 0 Å². The SMILES string of the molecule is Cc1ccc(-c2cc3c(N4CCC(O)CC4)nccn3n2)cc1. The van der Waals surface area contributed by atoms with Gasteiger partial charge in [-0.1, -0.05) is 29.8 Å². The van der Waals surface area contributed by atoms with E-state index < -0.39 is 0 Å². The van der Waals surface area contributed by atoms with E-state index in [9.17, 15) is 5.11 Å². The molecular formula is C18H20N4O. The van der Waals surface area contributed by atoms with E-state index in [0.717, 1.165) is 48.5 Å². The molecule has 23 heavy (non-hydrogen) atoms. The molecule has 0 radical (unpaired) electrons. The molecule has 4 rings (SSSR count). The zero-order valence-electron chi connectivity index (χ0n) is 13.2. The third-order valence-electron chi connectivity index (χ3n) is 4.48. The molecule has 1 fully saturated rings. The molecule has 1 N–H and O–H groups in total. The quantitative estimate of drug-likeness (QED) is 0.791. The van der Waals surface area contributed by atoms with E-state index in [1.54, 1.807) is 6.20 Å². The second kappa shape index (κ2) is 5.66.